The predicted octanol–water partition coefficient (Wildman–Crippen LogP) is 2.22. The lowest BCUT2D eigenvalue weighted by Crippen LogP contribution is -2.61. The Morgan fingerprint density at radius 2 is 2.17 bits per heavy atom. The zero-order valence-corrected chi connectivity index (χ0v) is 16.6. The molecule has 8 heteroatoms. The molecule has 30 heavy (non-hydrogen) atoms. The van der Waals surface area contributed by atoms with Crippen molar-refractivity contribution in [2.75, 3.05) is 26.7 Å². The zero-order valence-electron chi connectivity index (χ0n) is 16.6. The molecule has 1 saturated heterocycles. The molecule has 3 heterocycles. The number of aromatic amines is 1. The summed E-state index contributed by atoms with van der Waals surface area (Å²) < 4.78 is 13.7. The normalized spacial score (nSPS) is 17.2. The number of carboxylic acids is 1. The van der Waals surface area contributed by atoms with Crippen molar-refractivity contribution in [1.82, 2.24) is 19.9 Å². The van der Waals surface area contributed by atoms with E-state index in [-0.39, 0.29) is 5.82 Å². The van der Waals surface area contributed by atoms with Gasteiger partial charge in [0, 0.05) is 42.5 Å². The van der Waals surface area contributed by atoms with E-state index in [4.69, 9.17) is 10.7 Å². The van der Waals surface area contributed by atoms with Crippen LogP contribution in [0.5, 0.6) is 0 Å². The quantitative estimate of drug-likeness (QED) is 0.612. The van der Waals surface area contributed by atoms with Gasteiger partial charge in [0.05, 0.1) is 17.0 Å². The van der Waals surface area contributed by atoms with Crippen LogP contribution in [0.4, 0.5) is 4.39 Å². The summed E-state index contributed by atoms with van der Waals surface area (Å²) in [6.45, 7) is 1.77. The molecule has 154 valence electrons. The number of likely N-dealkylation sites (tertiary alicyclic amines) is 1. The van der Waals surface area contributed by atoms with Crippen LogP contribution in [-0.2, 0) is 18.3 Å². The summed E-state index contributed by atoms with van der Waals surface area (Å²) in [4.78, 5) is 26.9. The molecule has 0 bridgehead atoms. The molecular weight excluding hydrogens is 385 g/mol. The summed E-state index contributed by atoms with van der Waals surface area (Å²) in [6, 6.07) is 6.14. The SMILES string of the molecule is CN1CC(CN)(c2[nH]c3c(c2C(=O)O)CCc2cnc(-c4cccc(F)c4)nc2-3)C1. The lowest BCUT2D eigenvalue weighted by molar-refractivity contribution is 0.0672. The molecule has 1 fully saturated rings. The van der Waals surface area contributed by atoms with Gasteiger partial charge in [-0.2, -0.15) is 0 Å². The van der Waals surface area contributed by atoms with Gasteiger partial charge in [-0.3, -0.25) is 0 Å². The van der Waals surface area contributed by atoms with Crippen molar-refractivity contribution < 1.29 is 14.3 Å². The second kappa shape index (κ2) is 6.72. The molecule has 0 atom stereocenters. The number of carbonyl (C=O) groups is 1. The Kier molecular flexibility index (Phi) is 4.23. The first-order valence-corrected chi connectivity index (χ1v) is 9.91. The van der Waals surface area contributed by atoms with Crippen molar-refractivity contribution >= 4 is 5.97 Å². The second-order valence-corrected chi connectivity index (χ2v) is 8.27. The van der Waals surface area contributed by atoms with Crippen molar-refractivity contribution in [2.24, 2.45) is 5.73 Å². The molecule has 1 aliphatic carbocycles. The van der Waals surface area contributed by atoms with E-state index >= 15 is 0 Å². The lowest BCUT2D eigenvalue weighted by atomic mass is 9.75. The van der Waals surface area contributed by atoms with Crippen molar-refractivity contribution in [1.29, 1.82) is 0 Å². The molecule has 0 amide bonds. The molecular formula is C22H22FN5O2. The number of aryl methyl sites for hydroxylation is 1. The van der Waals surface area contributed by atoms with E-state index in [1.165, 1.54) is 12.1 Å². The molecule has 1 aliphatic heterocycles. The Labute approximate surface area is 172 Å². The Morgan fingerprint density at radius 3 is 2.83 bits per heavy atom. The number of rotatable bonds is 4. The van der Waals surface area contributed by atoms with Crippen LogP contribution in [0.2, 0.25) is 0 Å². The summed E-state index contributed by atoms with van der Waals surface area (Å²) in [5, 5.41) is 10.0. The largest absolute Gasteiger partial charge is 0.478 e. The maximum Gasteiger partial charge on any atom is 0.337 e. The van der Waals surface area contributed by atoms with Gasteiger partial charge in [0.2, 0.25) is 0 Å². The summed E-state index contributed by atoms with van der Waals surface area (Å²) >= 11 is 0. The molecule has 0 radical (unpaired) electrons. The minimum Gasteiger partial charge on any atom is -0.478 e. The molecule has 0 unspecified atom stereocenters. The van der Waals surface area contributed by atoms with Crippen LogP contribution in [0.25, 0.3) is 22.8 Å². The van der Waals surface area contributed by atoms with Gasteiger partial charge in [-0.25, -0.2) is 19.2 Å². The first-order valence-electron chi connectivity index (χ1n) is 9.91. The Hall–Kier alpha value is -3.10. The second-order valence-electron chi connectivity index (χ2n) is 8.27. The van der Waals surface area contributed by atoms with E-state index in [1.54, 1.807) is 18.3 Å². The van der Waals surface area contributed by atoms with Crippen molar-refractivity contribution in [3.05, 3.63) is 58.7 Å². The highest BCUT2D eigenvalue weighted by molar-refractivity contribution is 5.95. The van der Waals surface area contributed by atoms with Crippen LogP contribution in [0.1, 0.15) is 27.2 Å². The van der Waals surface area contributed by atoms with E-state index in [9.17, 15) is 14.3 Å². The molecule has 4 N–H and O–H groups in total. The van der Waals surface area contributed by atoms with E-state index in [2.05, 4.69) is 14.9 Å². The average Bonchev–Trinajstić information content (AvgIpc) is 3.11. The van der Waals surface area contributed by atoms with E-state index in [1.807, 2.05) is 7.05 Å². The molecule has 2 aromatic heterocycles. The highest BCUT2D eigenvalue weighted by Gasteiger charge is 2.46. The third-order valence-electron chi connectivity index (χ3n) is 6.21. The fraction of sp³-hybridized carbons (Fsp3) is 0.318. The third kappa shape index (κ3) is 2.75. The first kappa shape index (κ1) is 18.9. The Balaban J connectivity index is 1.68. The number of nitrogens with two attached hydrogens (primary N) is 1. The van der Waals surface area contributed by atoms with Gasteiger partial charge >= 0.3 is 5.97 Å². The monoisotopic (exact) mass is 407 g/mol. The highest BCUT2D eigenvalue weighted by atomic mass is 19.1. The van der Waals surface area contributed by atoms with Gasteiger partial charge in [0.15, 0.2) is 5.82 Å². The predicted molar refractivity (Wildman–Crippen MR) is 110 cm³/mol. The number of hydrogen-bond acceptors (Lipinski definition) is 5. The van der Waals surface area contributed by atoms with Crippen LogP contribution < -0.4 is 5.73 Å². The number of hydrogen-bond donors (Lipinski definition) is 3. The fourth-order valence-electron chi connectivity index (χ4n) is 4.83. The number of halogens is 1. The molecule has 2 aliphatic rings. The number of H-pyrrole nitrogens is 1. The van der Waals surface area contributed by atoms with Gasteiger partial charge in [0.1, 0.15) is 5.82 Å². The summed E-state index contributed by atoms with van der Waals surface area (Å²) in [6.07, 6.45) is 3.00. The minimum atomic E-state index is -0.951. The number of likely N-dealkylation sites (N-methyl/N-ethyl adjacent to an activating group) is 1. The summed E-state index contributed by atoms with van der Waals surface area (Å²) in [7, 11) is 1.99. The average molecular weight is 407 g/mol. The van der Waals surface area contributed by atoms with Gasteiger partial charge < -0.3 is 20.7 Å². The van der Waals surface area contributed by atoms with Crippen LogP contribution in [0.3, 0.4) is 0 Å². The Bertz CT molecular complexity index is 1170. The standard InChI is InChI=1S/C22H22FN5O2/c1-28-10-22(9-24,11-28)19-16(21(29)30)15-6-5-13-8-25-20(27-17(13)18(15)26-19)12-3-2-4-14(23)7-12/h2-4,7-8,26H,5-6,9-11,24H2,1H3,(H,29,30). The molecule has 0 spiro atoms. The summed E-state index contributed by atoms with van der Waals surface area (Å²) in [5.41, 5.74) is 10.4. The summed E-state index contributed by atoms with van der Waals surface area (Å²) in [5.74, 6) is -0.900. The minimum absolute atomic E-state index is 0.320. The van der Waals surface area contributed by atoms with Crippen molar-refractivity contribution in [3.63, 3.8) is 0 Å². The van der Waals surface area contributed by atoms with Crippen LogP contribution in [-0.4, -0.2) is 57.6 Å². The molecule has 3 aromatic rings. The molecule has 1 aromatic carbocycles. The number of aromatic nitrogens is 3. The topological polar surface area (TPSA) is 108 Å². The molecule has 0 saturated carbocycles. The Morgan fingerprint density at radius 1 is 1.37 bits per heavy atom. The van der Waals surface area contributed by atoms with Gasteiger partial charge in [-0.1, -0.05) is 12.1 Å². The lowest BCUT2D eigenvalue weighted by Gasteiger charge is -2.48. The smallest absolute Gasteiger partial charge is 0.337 e. The first-order chi connectivity index (χ1) is 14.4. The zero-order chi connectivity index (χ0) is 21.0. The van der Waals surface area contributed by atoms with Crippen LogP contribution in [0.15, 0.2) is 30.5 Å². The fourth-order valence-corrected chi connectivity index (χ4v) is 4.83. The number of fused-ring (bicyclic) bond motifs is 3. The van der Waals surface area contributed by atoms with Gasteiger partial charge in [-0.15, -0.1) is 0 Å². The van der Waals surface area contributed by atoms with Gasteiger partial charge in [0.25, 0.3) is 0 Å². The van der Waals surface area contributed by atoms with E-state index in [0.717, 1.165) is 11.1 Å². The van der Waals surface area contributed by atoms with Crippen molar-refractivity contribution in [2.45, 2.75) is 18.3 Å². The maximum absolute atomic E-state index is 13.7. The highest BCUT2D eigenvalue weighted by Crippen LogP contribution is 2.42. The van der Waals surface area contributed by atoms with Crippen LogP contribution in [0, 0.1) is 5.82 Å². The number of carboxylic acid groups (broad SMARTS) is 1. The third-order valence-corrected chi connectivity index (χ3v) is 6.21. The van der Waals surface area contributed by atoms with Crippen molar-refractivity contribution in [3.8, 4) is 22.8 Å². The molecule has 7 nitrogen and oxygen atoms in total. The van der Waals surface area contributed by atoms with E-state index in [0.29, 0.717) is 66.5 Å². The number of nitrogens with zero attached hydrogens (tertiary/aromatic N) is 3. The van der Waals surface area contributed by atoms with E-state index < -0.39 is 11.4 Å². The maximum atomic E-state index is 13.7. The van der Waals surface area contributed by atoms with Gasteiger partial charge in [-0.05, 0) is 43.1 Å². The molecule has 5 rings (SSSR count). The number of benzene rings is 1. The number of aromatic carboxylic acids is 1. The number of nitrogens with one attached hydrogen (secondary N) is 1. The van der Waals surface area contributed by atoms with Crippen LogP contribution >= 0.6 is 0 Å².